The highest BCUT2D eigenvalue weighted by atomic mass is 16.5. The van der Waals surface area contributed by atoms with Gasteiger partial charge < -0.3 is 14.4 Å². The molecule has 46 heavy (non-hydrogen) atoms. The van der Waals surface area contributed by atoms with Gasteiger partial charge in [-0.3, -0.25) is 34.3 Å². The number of para-hydroxylation sites is 3. The molecule has 5 aromatic rings. The number of carbonyl (C=O) groups is 3. The molecule has 2 aromatic heterocycles. The van der Waals surface area contributed by atoms with Crippen molar-refractivity contribution in [1.29, 1.82) is 0 Å². The van der Waals surface area contributed by atoms with Crippen LogP contribution in [0.25, 0.3) is 10.9 Å². The molecule has 0 unspecified atom stereocenters. The molecule has 0 saturated carbocycles. The maximum Gasteiger partial charge on any atom is 0.274 e. The van der Waals surface area contributed by atoms with Crippen molar-refractivity contribution in [3.8, 4) is 5.75 Å². The summed E-state index contributed by atoms with van der Waals surface area (Å²) in [4.78, 5) is 52.7. The third-order valence-corrected chi connectivity index (χ3v) is 8.20. The molecule has 1 atom stereocenters. The molecule has 1 N–H and O–H groups in total. The largest absolute Gasteiger partial charge is 0.497 e. The molecule has 1 aliphatic heterocycles. The molecule has 11 nitrogen and oxygen atoms in total. The van der Waals surface area contributed by atoms with Gasteiger partial charge in [0.15, 0.2) is 0 Å². The Balaban J connectivity index is 1.50. The van der Waals surface area contributed by atoms with Crippen LogP contribution in [0.5, 0.6) is 5.75 Å². The molecule has 11 heteroatoms. The van der Waals surface area contributed by atoms with E-state index < -0.39 is 17.4 Å². The fourth-order valence-corrected chi connectivity index (χ4v) is 5.97. The molecule has 3 aromatic carbocycles. The predicted molar refractivity (Wildman–Crippen MR) is 175 cm³/mol. The van der Waals surface area contributed by atoms with Gasteiger partial charge >= 0.3 is 0 Å². The van der Waals surface area contributed by atoms with E-state index in [-0.39, 0.29) is 24.9 Å². The molecule has 234 valence electrons. The number of fused-ring (bicyclic) bond motifs is 2. The number of benzene rings is 3. The zero-order valence-electron chi connectivity index (χ0n) is 26.0. The molecule has 3 heterocycles. The van der Waals surface area contributed by atoms with Gasteiger partial charge in [-0.15, -0.1) is 0 Å². The third-order valence-electron chi connectivity index (χ3n) is 8.20. The summed E-state index contributed by atoms with van der Waals surface area (Å²) in [5.74, 6) is -0.987. The summed E-state index contributed by atoms with van der Waals surface area (Å²) in [7, 11) is 2.91. The summed E-state index contributed by atoms with van der Waals surface area (Å²) >= 11 is 0. The van der Waals surface area contributed by atoms with Gasteiger partial charge in [0, 0.05) is 42.5 Å². The van der Waals surface area contributed by atoms with Gasteiger partial charge in [-0.05, 0) is 68.4 Å². The van der Waals surface area contributed by atoms with Crippen LogP contribution in [0, 0.1) is 0 Å². The molecular formula is C35H34N6O5. The number of nitrogens with zero attached hydrogens (tertiary/aromatic N) is 5. The van der Waals surface area contributed by atoms with Gasteiger partial charge in [-0.25, -0.2) is 0 Å². The van der Waals surface area contributed by atoms with E-state index in [1.54, 1.807) is 85.1 Å². The van der Waals surface area contributed by atoms with Crippen LogP contribution < -0.4 is 19.4 Å². The standard InChI is InChI=1S/C35H34N6O5/c1-23(2)40(24-15-17-26(45-3)18-16-24)32(42)22-39-30-13-7-8-14-31(30)41(25-10-9-19-36-21-25)34(44)35(46-4,33(39)43)20-29-27-11-5-6-12-28(27)37-38-29/h5-19,21,23H,20,22H2,1-4H3,(H,37,38)/t35-/m0/s1. The van der Waals surface area contributed by atoms with Gasteiger partial charge in [0.05, 0.1) is 35.9 Å². The van der Waals surface area contributed by atoms with E-state index >= 15 is 0 Å². The van der Waals surface area contributed by atoms with Gasteiger partial charge in [-0.1, -0.05) is 30.3 Å². The van der Waals surface area contributed by atoms with Crippen LogP contribution in [-0.2, 0) is 25.5 Å². The van der Waals surface area contributed by atoms with Gasteiger partial charge in [0.2, 0.25) is 11.5 Å². The maximum absolute atomic E-state index is 15.0. The second-order valence-corrected chi connectivity index (χ2v) is 11.2. The van der Waals surface area contributed by atoms with Crippen LogP contribution in [0.2, 0.25) is 0 Å². The summed E-state index contributed by atoms with van der Waals surface area (Å²) in [6.45, 7) is 3.44. The smallest absolute Gasteiger partial charge is 0.274 e. The molecular weight excluding hydrogens is 584 g/mol. The number of methoxy groups -OCH3 is 2. The van der Waals surface area contributed by atoms with E-state index in [4.69, 9.17) is 9.47 Å². The lowest BCUT2D eigenvalue weighted by atomic mass is 9.92. The number of aromatic amines is 1. The highest BCUT2D eigenvalue weighted by Crippen LogP contribution is 2.42. The summed E-state index contributed by atoms with van der Waals surface area (Å²) in [5.41, 5.74) is 1.03. The van der Waals surface area contributed by atoms with E-state index in [2.05, 4.69) is 15.2 Å². The van der Waals surface area contributed by atoms with E-state index in [0.29, 0.717) is 39.7 Å². The van der Waals surface area contributed by atoms with Gasteiger partial charge in [-0.2, -0.15) is 5.10 Å². The highest BCUT2D eigenvalue weighted by Gasteiger charge is 2.55. The molecule has 0 saturated heterocycles. The Kier molecular flexibility index (Phi) is 8.25. The lowest BCUT2D eigenvalue weighted by Gasteiger charge is -2.34. The maximum atomic E-state index is 15.0. The van der Waals surface area contributed by atoms with Crippen molar-refractivity contribution >= 4 is 51.4 Å². The van der Waals surface area contributed by atoms with Gasteiger partial charge in [0.1, 0.15) is 12.3 Å². The van der Waals surface area contributed by atoms with Gasteiger partial charge in [0.25, 0.3) is 11.8 Å². The highest BCUT2D eigenvalue weighted by molar-refractivity contribution is 6.26. The van der Waals surface area contributed by atoms with Crippen molar-refractivity contribution in [3.63, 3.8) is 0 Å². The number of amides is 3. The zero-order valence-corrected chi connectivity index (χ0v) is 26.0. The number of pyridine rings is 1. The van der Waals surface area contributed by atoms with Crippen molar-refractivity contribution in [3.05, 3.63) is 103 Å². The number of hydrogen-bond acceptors (Lipinski definition) is 7. The monoisotopic (exact) mass is 618 g/mol. The molecule has 6 rings (SSSR count). The number of anilines is 4. The van der Waals surface area contributed by atoms with E-state index in [1.807, 2.05) is 38.1 Å². The topological polar surface area (TPSA) is 121 Å². The van der Waals surface area contributed by atoms with Crippen LogP contribution in [0.15, 0.2) is 97.3 Å². The van der Waals surface area contributed by atoms with Crippen molar-refractivity contribution in [1.82, 2.24) is 15.2 Å². The number of hydrogen-bond donors (Lipinski definition) is 1. The van der Waals surface area contributed by atoms with Crippen molar-refractivity contribution < 1.29 is 23.9 Å². The van der Waals surface area contributed by atoms with Crippen LogP contribution in [0.4, 0.5) is 22.7 Å². The fraction of sp³-hybridized carbons (Fsp3) is 0.229. The minimum atomic E-state index is -2.08. The minimum Gasteiger partial charge on any atom is -0.497 e. The van der Waals surface area contributed by atoms with Crippen LogP contribution >= 0.6 is 0 Å². The number of nitrogens with one attached hydrogen (secondary N) is 1. The number of aromatic nitrogens is 3. The second-order valence-electron chi connectivity index (χ2n) is 11.2. The Morgan fingerprint density at radius 1 is 0.913 bits per heavy atom. The van der Waals surface area contributed by atoms with E-state index in [0.717, 1.165) is 5.39 Å². The van der Waals surface area contributed by atoms with E-state index in [9.17, 15) is 14.4 Å². The molecule has 0 fully saturated rings. The Morgan fingerprint density at radius 3 is 2.30 bits per heavy atom. The van der Waals surface area contributed by atoms with Crippen molar-refractivity contribution in [2.45, 2.75) is 31.9 Å². The lowest BCUT2D eigenvalue weighted by Crippen LogP contribution is -2.60. The molecule has 0 bridgehead atoms. The number of rotatable bonds is 9. The summed E-state index contributed by atoms with van der Waals surface area (Å²) < 4.78 is 11.3. The first-order chi connectivity index (χ1) is 22.3. The fourth-order valence-electron chi connectivity index (χ4n) is 5.97. The first-order valence-corrected chi connectivity index (χ1v) is 14.9. The summed E-state index contributed by atoms with van der Waals surface area (Å²) in [6.07, 6.45) is 2.99. The molecule has 1 aliphatic rings. The van der Waals surface area contributed by atoms with Crippen LogP contribution in [0.1, 0.15) is 19.5 Å². The van der Waals surface area contributed by atoms with Crippen LogP contribution in [-0.4, -0.2) is 65.3 Å². The Labute approximate surface area is 266 Å². The SMILES string of the molecule is COc1ccc(N(C(=O)CN2C(=O)[C@](Cc3[nH]nc4ccccc34)(OC)C(=O)N(c3cccnc3)c3ccccc32)C(C)C)cc1. The molecule has 0 radical (unpaired) electrons. The Morgan fingerprint density at radius 2 is 1.63 bits per heavy atom. The van der Waals surface area contributed by atoms with Crippen molar-refractivity contribution in [2.75, 3.05) is 35.5 Å². The Hall–Kier alpha value is -5.55. The first-order valence-electron chi connectivity index (χ1n) is 14.9. The van der Waals surface area contributed by atoms with Crippen LogP contribution in [0.3, 0.4) is 0 Å². The average molecular weight is 619 g/mol. The minimum absolute atomic E-state index is 0.163. The number of ether oxygens (including phenoxy) is 2. The third kappa shape index (κ3) is 5.24. The molecule has 3 amide bonds. The zero-order chi connectivity index (χ0) is 32.4. The predicted octanol–water partition coefficient (Wildman–Crippen LogP) is 5.05. The number of H-pyrrole nitrogens is 1. The Bertz CT molecular complexity index is 1890. The average Bonchev–Trinajstić information content (AvgIpc) is 3.46. The first kappa shape index (κ1) is 30.5. The summed E-state index contributed by atoms with van der Waals surface area (Å²) in [6, 6.07) is 24.8. The van der Waals surface area contributed by atoms with E-state index in [1.165, 1.54) is 16.9 Å². The summed E-state index contributed by atoms with van der Waals surface area (Å²) in [5, 5.41) is 8.15. The van der Waals surface area contributed by atoms with Crippen molar-refractivity contribution in [2.24, 2.45) is 0 Å². The molecule has 0 aliphatic carbocycles. The second kappa shape index (κ2) is 12.4. The molecule has 0 spiro atoms. The lowest BCUT2D eigenvalue weighted by molar-refractivity contribution is -0.153. The number of carbonyl (C=O) groups excluding carboxylic acids is 3. The quantitative estimate of drug-likeness (QED) is 0.230. The normalized spacial score (nSPS) is 16.5.